The van der Waals surface area contributed by atoms with Gasteiger partial charge in [0.1, 0.15) is 11.5 Å². The summed E-state index contributed by atoms with van der Waals surface area (Å²) in [6.07, 6.45) is 1.50. The first-order valence-electron chi connectivity index (χ1n) is 8.86. The third-order valence-electron chi connectivity index (χ3n) is 4.47. The van der Waals surface area contributed by atoms with E-state index in [9.17, 15) is 19.7 Å². The van der Waals surface area contributed by atoms with Gasteiger partial charge in [-0.05, 0) is 47.7 Å². The summed E-state index contributed by atoms with van der Waals surface area (Å²) < 4.78 is 5.76. The first-order valence-corrected chi connectivity index (χ1v) is 10.4. The van der Waals surface area contributed by atoms with Crippen molar-refractivity contribution in [3.05, 3.63) is 91.0 Å². The van der Waals surface area contributed by atoms with Crippen LogP contribution >= 0.6 is 35.0 Å². The molecule has 31 heavy (non-hydrogen) atoms. The fourth-order valence-electron chi connectivity index (χ4n) is 2.91. The number of hydrogen-bond donors (Lipinski definition) is 0. The number of halogens is 2. The molecule has 0 spiro atoms. The van der Waals surface area contributed by atoms with E-state index in [2.05, 4.69) is 0 Å². The molecule has 4 rings (SSSR count). The Bertz CT molecular complexity index is 1240. The van der Waals surface area contributed by atoms with Crippen LogP contribution in [0.25, 0.3) is 17.4 Å². The first kappa shape index (κ1) is 21.2. The number of hydrogen-bond acceptors (Lipinski definition) is 6. The molecule has 2 aromatic carbocycles. The molecule has 0 bridgehead atoms. The van der Waals surface area contributed by atoms with Gasteiger partial charge in [0.2, 0.25) is 0 Å². The fourth-order valence-corrected chi connectivity index (χ4v) is 4.02. The number of thioether (sulfide) groups is 1. The molecule has 1 aromatic heterocycles. The molecule has 2 amide bonds. The number of benzene rings is 2. The van der Waals surface area contributed by atoms with Gasteiger partial charge in [-0.1, -0.05) is 35.3 Å². The topological polar surface area (TPSA) is 93.7 Å². The van der Waals surface area contributed by atoms with Crippen LogP contribution in [0.4, 0.5) is 10.5 Å². The van der Waals surface area contributed by atoms with Crippen LogP contribution in [0.1, 0.15) is 11.3 Å². The van der Waals surface area contributed by atoms with Crippen molar-refractivity contribution in [2.75, 3.05) is 0 Å². The largest absolute Gasteiger partial charge is 0.457 e. The second kappa shape index (κ2) is 8.58. The summed E-state index contributed by atoms with van der Waals surface area (Å²) >= 11 is 12.8. The molecule has 2 heterocycles. The predicted octanol–water partition coefficient (Wildman–Crippen LogP) is 6.40. The average Bonchev–Trinajstić information content (AvgIpc) is 3.31. The van der Waals surface area contributed by atoms with Crippen molar-refractivity contribution in [2.24, 2.45) is 0 Å². The Morgan fingerprint density at radius 2 is 1.77 bits per heavy atom. The van der Waals surface area contributed by atoms with Gasteiger partial charge >= 0.3 is 0 Å². The summed E-state index contributed by atoms with van der Waals surface area (Å²) in [6, 6.07) is 14.2. The van der Waals surface area contributed by atoms with Gasteiger partial charge in [0.25, 0.3) is 16.8 Å². The van der Waals surface area contributed by atoms with Gasteiger partial charge in [-0.3, -0.25) is 24.6 Å². The standard InChI is InChI=1S/C21H12Cl2N2O5S/c22-16-7-3-13(9-17(16)23)18-8-6-15(30-18)10-19-20(26)24(21(27)31-19)11-12-1-4-14(5-2-12)25(28)29/h1-10H,11H2/b19-10-. The molecule has 10 heteroatoms. The molecule has 0 atom stereocenters. The molecule has 7 nitrogen and oxygen atoms in total. The second-order valence-electron chi connectivity index (χ2n) is 6.52. The zero-order chi connectivity index (χ0) is 22.1. The smallest absolute Gasteiger partial charge is 0.293 e. The van der Waals surface area contributed by atoms with Crippen molar-refractivity contribution >= 4 is 57.9 Å². The number of nitro benzene ring substituents is 1. The Morgan fingerprint density at radius 3 is 2.45 bits per heavy atom. The van der Waals surface area contributed by atoms with Gasteiger partial charge in [0.05, 0.1) is 26.4 Å². The number of nitro groups is 1. The second-order valence-corrected chi connectivity index (χ2v) is 8.33. The van der Waals surface area contributed by atoms with E-state index in [1.54, 1.807) is 30.3 Å². The van der Waals surface area contributed by atoms with Crippen molar-refractivity contribution in [3.63, 3.8) is 0 Å². The van der Waals surface area contributed by atoms with Crippen LogP contribution in [-0.2, 0) is 11.3 Å². The van der Waals surface area contributed by atoms with E-state index in [4.69, 9.17) is 27.6 Å². The molecule has 0 aliphatic carbocycles. The first-order chi connectivity index (χ1) is 14.8. The number of carbonyl (C=O) groups is 2. The Hall–Kier alpha value is -3.07. The van der Waals surface area contributed by atoms with E-state index in [1.807, 2.05) is 0 Å². The summed E-state index contributed by atoms with van der Waals surface area (Å²) in [6.45, 7) is 0.0205. The lowest BCUT2D eigenvalue weighted by Gasteiger charge is -2.12. The van der Waals surface area contributed by atoms with Gasteiger partial charge in [-0.25, -0.2) is 0 Å². The minimum absolute atomic E-state index is 0.0205. The summed E-state index contributed by atoms with van der Waals surface area (Å²) in [5.74, 6) is 0.484. The highest BCUT2D eigenvalue weighted by Crippen LogP contribution is 2.35. The molecule has 3 aromatic rings. The van der Waals surface area contributed by atoms with Crippen molar-refractivity contribution < 1.29 is 18.9 Å². The molecular weight excluding hydrogens is 463 g/mol. The lowest BCUT2D eigenvalue weighted by Crippen LogP contribution is -2.27. The molecule has 1 aliphatic rings. The van der Waals surface area contributed by atoms with E-state index in [0.717, 1.165) is 22.2 Å². The maximum absolute atomic E-state index is 12.7. The third kappa shape index (κ3) is 4.51. The summed E-state index contributed by atoms with van der Waals surface area (Å²) in [5.41, 5.74) is 1.27. The van der Waals surface area contributed by atoms with E-state index in [-0.39, 0.29) is 17.1 Å². The van der Waals surface area contributed by atoms with Gasteiger partial charge in [-0.15, -0.1) is 0 Å². The van der Waals surface area contributed by atoms with Crippen molar-refractivity contribution in [1.29, 1.82) is 0 Å². The quantitative estimate of drug-likeness (QED) is 0.241. The van der Waals surface area contributed by atoms with Crippen LogP contribution in [0.15, 0.2) is 63.9 Å². The highest BCUT2D eigenvalue weighted by molar-refractivity contribution is 8.18. The minimum Gasteiger partial charge on any atom is -0.457 e. The average molecular weight is 475 g/mol. The van der Waals surface area contributed by atoms with Gasteiger partial charge in [0, 0.05) is 23.8 Å². The Labute approximate surface area is 190 Å². The number of rotatable bonds is 5. The van der Waals surface area contributed by atoms with E-state index in [0.29, 0.717) is 27.1 Å². The number of furan rings is 1. The maximum Gasteiger partial charge on any atom is 0.293 e. The van der Waals surface area contributed by atoms with Crippen LogP contribution in [0.2, 0.25) is 10.0 Å². The van der Waals surface area contributed by atoms with Crippen LogP contribution < -0.4 is 0 Å². The number of imide groups is 1. The zero-order valence-electron chi connectivity index (χ0n) is 15.6. The van der Waals surface area contributed by atoms with Crippen LogP contribution in [0.5, 0.6) is 0 Å². The van der Waals surface area contributed by atoms with Crippen molar-refractivity contribution in [1.82, 2.24) is 4.90 Å². The van der Waals surface area contributed by atoms with E-state index < -0.39 is 16.1 Å². The van der Waals surface area contributed by atoms with Crippen molar-refractivity contribution in [3.8, 4) is 11.3 Å². The zero-order valence-corrected chi connectivity index (χ0v) is 17.9. The lowest BCUT2D eigenvalue weighted by atomic mass is 10.2. The monoisotopic (exact) mass is 474 g/mol. The maximum atomic E-state index is 12.7. The summed E-state index contributed by atoms with van der Waals surface area (Å²) in [7, 11) is 0. The van der Waals surface area contributed by atoms with Crippen LogP contribution in [0, 0.1) is 10.1 Å². The van der Waals surface area contributed by atoms with Gasteiger partial charge in [-0.2, -0.15) is 0 Å². The Kier molecular flexibility index (Phi) is 5.86. The van der Waals surface area contributed by atoms with Crippen LogP contribution in [0.3, 0.4) is 0 Å². The SMILES string of the molecule is O=C1S/C(=C\c2ccc(-c3ccc(Cl)c(Cl)c3)o2)C(=O)N1Cc1ccc([N+](=O)[O-])cc1. The van der Waals surface area contributed by atoms with Crippen LogP contribution in [-0.4, -0.2) is 21.0 Å². The summed E-state index contributed by atoms with van der Waals surface area (Å²) in [4.78, 5) is 36.6. The highest BCUT2D eigenvalue weighted by atomic mass is 35.5. The molecular formula is C21H12Cl2N2O5S. The third-order valence-corrected chi connectivity index (χ3v) is 6.11. The molecule has 156 valence electrons. The Balaban J connectivity index is 1.51. The highest BCUT2D eigenvalue weighted by Gasteiger charge is 2.35. The normalized spacial score (nSPS) is 15.2. The number of carbonyl (C=O) groups excluding carboxylic acids is 2. The summed E-state index contributed by atoms with van der Waals surface area (Å²) in [5, 5.41) is 11.2. The molecule has 1 saturated heterocycles. The number of nitrogens with zero attached hydrogens (tertiary/aromatic N) is 2. The molecule has 0 radical (unpaired) electrons. The Morgan fingerprint density at radius 1 is 1.03 bits per heavy atom. The molecule has 0 unspecified atom stereocenters. The minimum atomic E-state index is -0.512. The molecule has 0 saturated carbocycles. The molecule has 0 N–H and O–H groups in total. The predicted molar refractivity (Wildman–Crippen MR) is 119 cm³/mol. The number of non-ortho nitro benzene ring substituents is 1. The lowest BCUT2D eigenvalue weighted by molar-refractivity contribution is -0.384. The van der Waals surface area contributed by atoms with Gasteiger partial charge < -0.3 is 4.42 Å². The van der Waals surface area contributed by atoms with E-state index >= 15 is 0 Å². The molecule has 1 fully saturated rings. The van der Waals surface area contributed by atoms with Crippen molar-refractivity contribution in [2.45, 2.75) is 6.54 Å². The van der Waals surface area contributed by atoms with Gasteiger partial charge in [0.15, 0.2) is 0 Å². The van der Waals surface area contributed by atoms with E-state index in [1.165, 1.54) is 30.3 Å². The number of amides is 2. The fraction of sp³-hybridized carbons (Fsp3) is 0.0476. The molecule has 1 aliphatic heterocycles.